The molecule has 0 aliphatic carbocycles. The largest absolute Gasteiger partial charge is 0.439 e. The van der Waals surface area contributed by atoms with Crippen molar-refractivity contribution in [1.29, 1.82) is 5.26 Å². The molecule has 2 rings (SSSR count). The fraction of sp³-hybridized carbons (Fsp3) is 0.214. The molecule has 0 spiro atoms. The Morgan fingerprint density at radius 3 is 2.80 bits per heavy atom. The SMILES string of the molecule is CCNc1cc(Oc2ccc(C#N)c(F)c2)nc(C)n1. The molecule has 20 heavy (non-hydrogen) atoms. The van der Waals surface area contributed by atoms with Gasteiger partial charge < -0.3 is 10.1 Å². The zero-order valence-corrected chi connectivity index (χ0v) is 11.1. The topological polar surface area (TPSA) is 70.8 Å². The van der Waals surface area contributed by atoms with E-state index in [1.807, 2.05) is 6.92 Å². The lowest BCUT2D eigenvalue weighted by molar-refractivity contribution is 0.455. The molecule has 5 nitrogen and oxygen atoms in total. The molecule has 2 aromatic rings. The summed E-state index contributed by atoms with van der Waals surface area (Å²) in [6, 6.07) is 7.43. The van der Waals surface area contributed by atoms with Crippen LogP contribution in [0.25, 0.3) is 0 Å². The number of ether oxygens (including phenoxy) is 1. The van der Waals surface area contributed by atoms with Crippen LogP contribution in [0.1, 0.15) is 18.3 Å². The molecule has 0 bridgehead atoms. The van der Waals surface area contributed by atoms with Crippen LogP contribution in [0.5, 0.6) is 11.6 Å². The minimum atomic E-state index is -0.623. The molecule has 6 heteroatoms. The van der Waals surface area contributed by atoms with Gasteiger partial charge in [-0.2, -0.15) is 10.2 Å². The Morgan fingerprint density at radius 1 is 1.35 bits per heavy atom. The van der Waals surface area contributed by atoms with Gasteiger partial charge in [-0.05, 0) is 26.0 Å². The monoisotopic (exact) mass is 272 g/mol. The van der Waals surface area contributed by atoms with Gasteiger partial charge in [0.2, 0.25) is 5.88 Å². The van der Waals surface area contributed by atoms with Crippen LogP contribution in [0.4, 0.5) is 10.2 Å². The molecule has 0 aliphatic heterocycles. The summed E-state index contributed by atoms with van der Waals surface area (Å²) in [4.78, 5) is 8.31. The number of nitriles is 1. The van der Waals surface area contributed by atoms with Crippen LogP contribution in [-0.4, -0.2) is 16.5 Å². The van der Waals surface area contributed by atoms with Gasteiger partial charge in [-0.25, -0.2) is 9.37 Å². The van der Waals surface area contributed by atoms with Crippen LogP contribution in [-0.2, 0) is 0 Å². The summed E-state index contributed by atoms with van der Waals surface area (Å²) in [6.07, 6.45) is 0. The van der Waals surface area contributed by atoms with Crippen molar-refractivity contribution in [2.24, 2.45) is 0 Å². The molecule has 0 saturated carbocycles. The summed E-state index contributed by atoms with van der Waals surface area (Å²) in [5.74, 6) is 1.17. The van der Waals surface area contributed by atoms with Crippen LogP contribution >= 0.6 is 0 Å². The first-order chi connectivity index (χ1) is 9.62. The highest BCUT2D eigenvalue weighted by Gasteiger charge is 2.07. The predicted molar refractivity (Wildman–Crippen MR) is 72.1 cm³/mol. The lowest BCUT2D eigenvalue weighted by Gasteiger charge is -2.08. The van der Waals surface area contributed by atoms with Crippen LogP contribution in [0, 0.1) is 24.1 Å². The third kappa shape index (κ3) is 3.20. The Bertz CT molecular complexity index is 667. The van der Waals surface area contributed by atoms with E-state index in [0.29, 0.717) is 17.5 Å². The molecule has 0 saturated heterocycles. The van der Waals surface area contributed by atoms with E-state index in [4.69, 9.17) is 10.00 Å². The van der Waals surface area contributed by atoms with Gasteiger partial charge in [0.15, 0.2) is 0 Å². The summed E-state index contributed by atoms with van der Waals surface area (Å²) in [6.45, 7) is 4.42. The van der Waals surface area contributed by atoms with E-state index in [2.05, 4.69) is 15.3 Å². The quantitative estimate of drug-likeness (QED) is 0.926. The first-order valence-electron chi connectivity index (χ1n) is 6.09. The summed E-state index contributed by atoms with van der Waals surface area (Å²) in [5.41, 5.74) is -0.0236. The molecule has 0 radical (unpaired) electrons. The molecule has 1 aromatic carbocycles. The van der Waals surface area contributed by atoms with E-state index in [9.17, 15) is 4.39 Å². The van der Waals surface area contributed by atoms with Gasteiger partial charge in [-0.15, -0.1) is 0 Å². The van der Waals surface area contributed by atoms with Crippen LogP contribution in [0.3, 0.4) is 0 Å². The lowest BCUT2D eigenvalue weighted by Crippen LogP contribution is -2.02. The zero-order valence-electron chi connectivity index (χ0n) is 11.1. The van der Waals surface area contributed by atoms with E-state index in [1.54, 1.807) is 19.1 Å². The highest BCUT2D eigenvalue weighted by Crippen LogP contribution is 2.23. The fourth-order valence-electron chi connectivity index (χ4n) is 1.64. The molecule has 0 aliphatic rings. The Balaban J connectivity index is 2.25. The molecule has 0 fully saturated rings. The maximum absolute atomic E-state index is 13.5. The third-order valence-electron chi connectivity index (χ3n) is 2.46. The molecule has 0 amide bonds. The Kier molecular flexibility index (Phi) is 4.11. The van der Waals surface area contributed by atoms with Crippen molar-refractivity contribution in [3.8, 4) is 17.7 Å². The number of aryl methyl sites for hydroxylation is 1. The first kappa shape index (κ1) is 13.7. The second kappa shape index (κ2) is 5.97. The number of halogens is 1. The fourth-order valence-corrected chi connectivity index (χ4v) is 1.64. The van der Waals surface area contributed by atoms with Gasteiger partial charge in [-0.1, -0.05) is 0 Å². The maximum atomic E-state index is 13.5. The van der Waals surface area contributed by atoms with E-state index in [1.165, 1.54) is 12.1 Å². The number of anilines is 1. The second-order valence-corrected chi connectivity index (χ2v) is 4.02. The van der Waals surface area contributed by atoms with Crippen molar-refractivity contribution in [1.82, 2.24) is 9.97 Å². The second-order valence-electron chi connectivity index (χ2n) is 4.02. The molecule has 1 N–H and O–H groups in total. The van der Waals surface area contributed by atoms with Crippen molar-refractivity contribution >= 4 is 5.82 Å². The number of benzene rings is 1. The molecule has 102 valence electrons. The minimum absolute atomic E-state index is 0.0236. The van der Waals surface area contributed by atoms with Crippen molar-refractivity contribution < 1.29 is 9.13 Å². The predicted octanol–water partition coefficient (Wildman–Crippen LogP) is 3.02. The smallest absolute Gasteiger partial charge is 0.224 e. The van der Waals surface area contributed by atoms with Gasteiger partial charge in [0.1, 0.15) is 29.3 Å². The lowest BCUT2D eigenvalue weighted by atomic mass is 10.2. The minimum Gasteiger partial charge on any atom is -0.439 e. The highest BCUT2D eigenvalue weighted by molar-refractivity contribution is 5.41. The molecule has 1 aromatic heterocycles. The molecule has 0 unspecified atom stereocenters. The molecular weight excluding hydrogens is 259 g/mol. The zero-order chi connectivity index (χ0) is 14.5. The average Bonchev–Trinajstić information content (AvgIpc) is 2.38. The van der Waals surface area contributed by atoms with Gasteiger partial charge in [0.25, 0.3) is 0 Å². The maximum Gasteiger partial charge on any atom is 0.224 e. The Labute approximate surface area is 116 Å². The van der Waals surface area contributed by atoms with Crippen molar-refractivity contribution in [3.63, 3.8) is 0 Å². The summed E-state index contributed by atoms with van der Waals surface area (Å²) >= 11 is 0. The number of rotatable bonds is 4. The van der Waals surface area contributed by atoms with E-state index >= 15 is 0 Å². The molecule has 0 atom stereocenters. The van der Waals surface area contributed by atoms with Gasteiger partial charge in [0, 0.05) is 18.7 Å². The van der Waals surface area contributed by atoms with Crippen LogP contribution in [0.2, 0.25) is 0 Å². The van der Waals surface area contributed by atoms with Gasteiger partial charge in [0.05, 0.1) is 5.56 Å². The Hall–Kier alpha value is -2.68. The summed E-state index contributed by atoms with van der Waals surface area (Å²) in [5, 5.41) is 11.7. The van der Waals surface area contributed by atoms with Gasteiger partial charge in [-0.3, -0.25) is 0 Å². The molecule has 1 heterocycles. The summed E-state index contributed by atoms with van der Waals surface area (Å²) < 4.78 is 19.0. The Morgan fingerprint density at radius 2 is 2.15 bits per heavy atom. The van der Waals surface area contributed by atoms with Crippen molar-refractivity contribution in [2.75, 3.05) is 11.9 Å². The first-order valence-corrected chi connectivity index (χ1v) is 6.09. The normalized spacial score (nSPS) is 9.90. The van der Waals surface area contributed by atoms with Crippen molar-refractivity contribution in [3.05, 3.63) is 41.5 Å². The third-order valence-corrected chi connectivity index (χ3v) is 2.46. The highest BCUT2D eigenvalue weighted by atomic mass is 19.1. The number of hydrogen-bond donors (Lipinski definition) is 1. The molecular formula is C14H13FN4O. The van der Waals surface area contributed by atoms with Crippen molar-refractivity contribution in [2.45, 2.75) is 13.8 Å². The number of aromatic nitrogens is 2. The van der Waals surface area contributed by atoms with Crippen LogP contribution < -0.4 is 10.1 Å². The van der Waals surface area contributed by atoms with E-state index < -0.39 is 5.82 Å². The van der Waals surface area contributed by atoms with Crippen LogP contribution in [0.15, 0.2) is 24.3 Å². The van der Waals surface area contributed by atoms with Gasteiger partial charge >= 0.3 is 0 Å². The standard InChI is InChI=1S/C14H13FN4O/c1-3-17-13-7-14(19-9(2)18-13)20-11-5-4-10(8-16)12(15)6-11/h4-7H,3H2,1-2H3,(H,17,18,19). The number of hydrogen-bond acceptors (Lipinski definition) is 5. The summed E-state index contributed by atoms with van der Waals surface area (Å²) in [7, 11) is 0. The van der Waals surface area contributed by atoms with E-state index in [0.717, 1.165) is 12.6 Å². The number of nitrogens with one attached hydrogen (secondary N) is 1. The van der Waals surface area contributed by atoms with E-state index in [-0.39, 0.29) is 11.3 Å². The average molecular weight is 272 g/mol. The number of nitrogens with zero attached hydrogens (tertiary/aromatic N) is 3.